The smallest absolute Gasteiger partial charge is 0.179 e. The minimum Gasteiger partial charge on any atom is -0.392 e. The molecule has 1 rings (SSSR count). The van der Waals surface area contributed by atoms with Crippen LogP contribution >= 0.6 is 0 Å². The maximum Gasteiger partial charge on any atom is 0.179 e. The van der Waals surface area contributed by atoms with Crippen molar-refractivity contribution in [3.05, 3.63) is 29.3 Å². The Morgan fingerprint density at radius 3 is 2.32 bits per heavy atom. The molecule has 0 atom stereocenters. The highest BCUT2D eigenvalue weighted by molar-refractivity contribution is 7.91. The van der Waals surface area contributed by atoms with Crippen LogP contribution in [0.2, 0.25) is 0 Å². The molecule has 108 valence electrons. The Kier molecular flexibility index (Phi) is 5.97. The maximum atomic E-state index is 12.2. The van der Waals surface area contributed by atoms with Gasteiger partial charge in [-0.05, 0) is 43.3 Å². The predicted molar refractivity (Wildman–Crippen MR) is 76.9 cm³/mol. The molecule has 1 aromatic carbocycles. The van der Waals surface area contributed by atoms with E-state index in [2.05, 4.69) is 4.90 Å². The average Bonchev–Trinajstić information content (AvgIpc) is 2.39. The van der Waals surface area contributed by atoms with Gasteiger partial charge >= 0.3 is 0 Å². The standard InChI is InChI=1S/C14H23NO3S/c1-4-15(5-2)8-9-19(17,18)14-7-6-13(11-16)12(3)10-14/h6-7,10,16H,4-5,8-9,11H2,1-3H3. The lowest BCUT2D eigenvalue weighted by atomic mass is 10.1. The topological polar surface area (TPSA) is 57.6 Å². The number of benzene rings is 1. The first-order chi connectivity index (χ1) is 8.94. The third-order valence-corrected chi connectivity index (χ3v) is 5.11. The largest absolute Gasteiger partial charge is 0.392 e. The summed E-state index contributed by atoms with van der Waals surface area (Å²) < 4.78 is 24.5. The lowest BCUT2D eigenvalue weighted by Crippen LogP contribution is -2.29. The molecule has 5 heteroatoms. The first-order valence-electron chi connectivity index (χ1n) is 6.60. The van der Waals surface area contributed by atoms with E-state index < -0.39 is 9.84 Å². The van der Waals surface area contributed by atoms with E-state index in [1.54, 1.807) is 18.2 Å². The van der Waals surface area contributed by atoms with E-state index in [1.807, 2.05) is 20.8 Å². The minimum atomic E-state index is -3.25. The molecule has 0 amide bonds. The van der Waals surface area contributed by atoms with Gasteiger partial charge in [0.2, 0.25) is 0 Å². The van der Waals surface area contributed by atoms with Crippen LogP contribution in [0.5, 0.6) is 0 Å². The van der Waals surface area contributed by atoms with Crippen LogP contribution in [0.3, 0.4) is 0 Å². The molecule has 0 aliphatic carbocycles. The van der Waals surface area contributed by atoms with Crippen LogP contribution in [0.25, 0.3) is 0 Å². The zero-order valence-corrected chi connectivity index (χ0v) is 12.7. The first kappa shape index (κ1) is 16.1. The minimum absolute atomic E-state index is 0.0639. The Morgan fingerprint density at radius 1 is 1.21 bits per heavy atom. The van der Waals surface area contributed by atoms with E-state index in [4.69, 9.17) is 5.11 Å². The van der Waals surface area contributed by atoms with Crippen molar-refractivity contribution in [2.45, 2.75) is 32.3 Å². The molecule has 0 saturated heterocycles. The van der Waals surface area contributed by atoms with Gasteiger partial charge in [-0.25, -0.2) is 8.42 Å². The summed E-state index contributed by atoms with van der Waals surface area (Å²) in [6.07, 6.45) is 0. The van der Waals surface area contributed by atoms with E-state index in [-0.39, 0.29) is 12.4 Å². The van der Waals surface area contributed by atoms with Crippen molar-refractivity contribution < 1.29 is 13.5 Å². The molecule has 1 aromatic rings. The monoisotopic (exact) mass is 285 g/mol. The zero-order valence-electron chi connectivity index (χ0n) is 11.9. The van der Waals surface area contributed by atoms with Crippen LogP contribution in [-0.4, -0.2) is 43.8 Å². The number of aliphatic hydroxyl groups is 1. The molecule has 0 fully saturated rings. The van der Waals surface area contributed by atoms with Gasteiger partial charge in [0, 0.05) is 6.54 Å². The molecule has 4 nitrogen and oxygen atoms in total. The normalized spacial score (nSPS) is 12.1. The molecule has 0 saturated carbocycles. The molecule has 1 N–H and O–H groups in total. The third-order valence-electron chi connectivity index (χ3n) is 3.41. The van der Waals surface area contributed by atoms with E-state index in [1.165, 1.54) is 0 Å². The van der Waals surface area contributed by atoms with Gasteiger partial charge in [-0.2, -0.15) is 0 Å². The third kappa shape index (κ3) is 4.30. The van der Waals surface area contributed by atoms with Gasteiger partial charge in [-0.3, -0.25) is 0 Å². The van der Waals surface area contributed by atoms with Gasteiger partial charge in [0.15, 0.2) is 9.84 Å². The lowest BCUT2D eigenvalue weighted by molar-refractivity contribution is 0.281. The van der Waals surface area contributed by atoms with Crippen molar-refractivity contribution in [3.8, 4) is 0 Å². The van der Waals surface area contributed by atoms with Gasteiger partial charge in [0.1, 0.15) is 0 Å². The summed E-state index contributed by atoms with van der Waals surface area (Å²) in [6, 6.07) is 4.90. The fourth-order valence-corrected chi connectivity index (χ4v) is 3.31. The molecule has 0 bridgehead atoms. The molecule has 0 aromatic heterocycles. The number of sulfone groups is 1. The van der Waals surface area contributed by atoms with Crippen LogP contribution in [0, 0.1) is 6.92 Å². The van der Waals surface area contributed by atoms with Crippen molar-refractivity contribution in [3.63, 3.8) is 0 Å². The van der Waals surface area contributed by atoms with E-state index in [9.17, 15) is 8.42 Å². The van der Waals surface area contributed by atoms with E-state index >= 15 is 0 Å². The van der Waals surface area contributed by atoms with Crippen LogP contribution in [-0.2, 0) is 16.4 Å². The van der Waals surface area contributed by atoms with Crippen LogP contribution in [0.1, 0.15) is 25.0 Å². The van der Waals surface area contributed by atoms with Gasteiger partial charge in [-0.1, -0.05) is 19.9 Å². The molecule has 0 radical (unpaired) electrons. The van der Waals surface area contributed by atoms with Crippen LogP contribution in [0.4, 0.5) is 0 Å². The number of hydrogen-bond donors (Lipinski definition) is 1. The second-order valence-electron chi connectivity index (χ2n) is 4.59. The Morgan fingerprint density at radius 2 is 1.84 bits per heavy atom. The van der Waals surface area contributed by atoms with E-state index in [0.717, 1.165) is 24.2 Å². The SMILES string of the molecule is CCN(CC)CCS(=O)(=O)c1ccc(CO)c(C)c1. The zero-order chi connectivity index (χ0) is 14.5. The summed E-state index contributed by atoms with van der Waals surface area (Å²) in [5.74, 6) is 0.132. The fourth-order valence-electron chi connectivity index (χ4n) is 1.95. The molecular formula is C14H23NO3S. The van der Waals surface area contributed by atoms with Gasteiger partial charge in [-0.15, -0.1) is 0 Å². The summed E-state index contributed by atoms with van der Waals surface area (Å²) in [7, 11) is -3.25. The Labute approximate surface area is 116 Å². The number of hydrogen-bond acceptors (Lipinski definition) is 4. The molecule has 19 heavy (non-hydrogen) atoms. The highest BCUT2D eigenvalue weighted by atomic mass is 32.2. The summed E-state index contributed by atoms with van der Waals surface area (Å²) in [5.41, 5.74) is 1.58. The van der Waals surface area contributed by atoms with Gasteiger partial charge in [0.25, 0.3) is 0 Å². The average molecular weight is 285 g/mol. The summed E-state index contributed by atoms with van der Waals surface area (Å²) in [5, 5.41) is 9.10. The summed E-state index contributed by atoms with van der Waals surface area (Å²) in [4.78, 5) is 2.43. The number of aliphatic hydroxyl groups excluding tert-OH is 1. The highest BCUT2D eigenvalue weighted by Crippen LogP contribution is 2.17. The number of rotatable bonds is 7. The summed E-state index contributed by atoms with van der Waals surface area (Å²) in [6.45, 7) is 8.06. The Hall–Kier alpha value is -0.910. The second kappa shape index (κ2) is 7.03. The van der Waals surface area contributed by atoms with Crippen molar-refractivity contribution >= 4 is 9.84 Å². The van der Waals surface area contributed by atoms with Gasteiger partial charge in [0.05, 0.1) is 17.3 Å². The van der Waals surface area contributed by atoms with E-state index in [0.29, 0.717) is 11.4 Å². The van der Waals surface area contributed by atoms with Gasteiger partial charge < -0.3 is 10.0 Å². The highest BCUT2D eigenvalue weighted by Gasteiger charge is 2.16. The molecule has 0 heterocycles. The summed E-state index contributed by atoms with van der Waals surface area (Å²) >= 11 is 0. The number of aryl methyl sites for hydroxylation is 1. The molecule has 0 aliphatic heterocycles. The first-order valence-corrected chi connectivity index (χ1v) is 8.25. The Balaban J connectivity index is 2.85. The molecule has 0 spiro atoms. The quantitative estimate of drug-likeness (QED) is 0.827. The van der Waals surface area contributed by atoms with Crippen molar-refractivity contribution in [2.75, 3.05) is 25.4 Å². The fraction of sp³-hybridized carbons (Fsp3) is 0.571. The van der Waals surface area contributed by atoms with Crippen LogP contribution < -0.4 is 0 Å². The molecule has 0 aliphatic rings. The van der Waals surface area contributed by atoms with Crippen LogP contribution in [0.15, 0.2) is 23.1 Å². The Bertz CT molecular complexity index is 507. The van der Waals surface area contributed by atoms with Crippen molar-refractivity contribution in [1.29, 1.82) is 0 Å². The maximum absolute atomic E-state index is 12.2. The lowest BCUT2D eigenvalue weighted by Gasteiger charge is -2.17. The number of nitrogens with zero attached hydrogens (tertiary/aromatic N) is 1. The second-order valence-corrected chi connectivity index (χ2v) is 6.70. The van der Waals surface area contributed by atoms with Crippen molar-refractivity contribution in [1.82, 2.24) is 4.90 Å². The molecular weight excluding hydrogens is 262 g/mol. The predicted octanol–water partition coefficient (Wildman–Crippen LogP) is 1.60. The molecule has 0 unspecified atom stereocenters. The van der Waals surface area contributed by atoms with Crippen molar-refractivity contribution in [2.24, 2.45) is 0 Å².